The molecule has 168 valence electrons. The van der Waals surface area contributed by atoms with Crippen molar-refractivity contribution in [3.8, 4) is 34.4 Å². The Morgan fingerprint density at radius 2 is 1.69 bits per heavy atom. The van der Waals surface area contributed by atoms with Gasteiger partial charge in [0.1, 0.15) is 5.75 Å². The van der Waals surface area contributed by atoms with Gasteiger partial charge in [0.25, 0.3) is 0 Å². The molecule has 0 aliphatic carbocycles. The summed E-state index contributed by atoms with van der Waals surface area (Å²) in [5, 5.41) is 4.61. The summed E-state index contributed by atoms with van der Waals surface area (Å²) < 4.78 is 27.0. The quantitative estimate of drug-likeness (QED) is 0.524. The van der Waals surface area contributed by atoms with E-state index < -0.39 is 0 Å². The first-order chi connectivity index (χ1) is 15.5. The fourth-order valence-electron chi connectivity index (χ4n) is 3.71. The number of methoxy groups -OCH3 is 4. The molecule has 0 radical (unpaired) electrons. The van der Waals surface area contributed by atoms with Gasteiger partial charge in [0.15, 0.2) is 11.5 Å². The second kappa shape index (κ2) is 8.96. The van der Waals surface area contributed by atoms with Crippen LogP contribution < -0.4 is 23.8 Å². The van der Waals surface area contributed by atoms with Gasteiger partial charge in [-0.05, 0) is 30.3 Å². The van der Waals surface area contributed by atoms with E-state index in [0.717, 1.165) is 0 Å². The van der Waals surface area contributed by atoms with E-state index in [9.17, 15) is 4.79 Å². The highest BCUT2D eigenvalue weighted by Gasteiger charge is 2.36. The van der Waals surface area contributed by atoms with Crippen molar-refractivity contribution in [1.29, 1.82) is 0 Å². The van der Waals surface area contributed by atoms with E-state index in [-0.39, 0.29) is 18.2 Å². The lowest BCUT2D eigenvalue weighted by atomic mass is 10.1. The van der Waals surface area contributed by atoms with Crippen molar-refractivity contribution in [2.24, 2.45) is 0 Å². The van der Waals surface area contributed by atoms with Gasteiger partial charge in [-0.2, -0.15) is 4.98 Å². The SMILES string of the molecule is COc1ccc(Cl)cc1N1CC(c2nc(-c3cc(OC)c(OC)c(OC)c3)no2)CC1=O. The number of nitrogens with zero attached hydrogens (tertiary/aromatic N) is 3. The Labute approximate surface area is 189 Å². The molecular weight excluding hydrogens is 438 g/mol. The molecule has 0 bridgehead atoms. The number of hydrogen-bond acceptors (Lipinski definition) is 8. The van der Waals surface area contributed by atoms with E-state index in [1.807, 2.05) is 0 Å². The van der Waals surface area contributed by atoms with Crippen LogP contribution in [0.15, 0.2) is 34.9 Å². The third-order valence-electron chi connectivity index (χ3n) is 5.27. The molecule has 1 fully saturated rings. The summed E-state index contributed by atoms with van der Waals surface area (Å²) in [6, 6.07) is 8.62. The third-order valence-corrected chi connectivity index (χ3v) is 5.51. The monoisotopic (exact) mass is 459 g/mol. The molecule has 0 spiro atoms. The van der Waals surface area contributed by atoms with Crippen LogP contribution in [0, 0.1) is 0 Å². The first-order valence-electron chi connectivity index (χ1n) is 9.77. The van der Waals surface area contributed by atoms with Gasteiger partial charge in [0.05, 0.1) is 40.0 Å². The average Bonchev–Trinajstić information content (AvgIpc) is 3.45. The smallest absolute Gasteiger partial charge is 0.232 e. The molecule has 4 rings (SSSR count). The number of carbonyl (C=O) groups excluding carboxylic acids is 1. The molecule has 2 heterocycles. The Hall–Kier alpha value is -3.46. The number of hydrogen-bond donors (Lipinski definition) is 0. The molecule has 10 heteroatoms. The molecule has 0 N–H and O–H groups in total. The van der Waals surface area contributed by atoms with Crippen molar-refractivity contribution in [2.75, 3.05) is 39.9 Å². The van der Waals surface area contributed by atoms with E-state index in [4.69, 9.17) is 35.1 Å². The summed E-state index contributed by atoms with van der Waals surface area (Å²) in [7, 11) is 6.15. The summed E-state index contributed by atoms with van der Waals surface area (Å²) in [4.78, 5) is 18.9. The molecule has 0 saturated carbocycles. The normalized spacial score (nSPS) is 15.7. The fourth-order valence-corrected chi connectivity index (χ4v) is 3.87. The van der Waals surface area contributed by atoms with E-state index in [1.165, 1.54) is 21.3 Å². The summed E-state index contributed by atoms with van der Waals surface area (Å²) in [6.45, 7) is 0.367. The lowest BCUT2D eigenvalue weighted by Gasteiger charge is -2.19. The fraction of sp³-hybridized carbons (Fsp3) is 0.318. The first-order valence-corrected chi connectivity index (χ1v) is 10.1. The van der Waals surface area contributed by atoms with Gasteiger partial charge in [0, 0.05) is 23.6 Å². The van der Waals surface area contributed by atoms with Crippen LogP contribution in [0.2, 0.25) is 5.02 Å². The average molecular weight is 460 g/mol. The van der Waals surface area contributed by atoms with Crippen LogP contribution in [0.3, 0.4) is 0 Å². The van der Waals surface area contributed by atoms with Crippen LogP contribution in [0.25, 0.3) is 11.4 Å². The van der Waals surface area contributed by atoms with Crippen LogP contribution in [-0.2, 0) is 4.79 Å². The van der Waals surface area contributed by atoms with E-state index >= 15 is 0 Å². The van der Waals surface area contributed by atoms with E-state index in [0.29, 0.717) is 57.5 Å². The van der Waals surface area contributed by atoms with E-state index in [1.54, 1.807) is 42.3 Å². The molecule has 2 aromatic carbocycles. The Morgan fingerprint density at radius 3 is 2.31 bits per heavy atom. The lowest BCUT2D eigenvalue weighted by molar-refractivity contribution is -0.117. The highest BCUT2D eigenvalue weighted by atomic mass is 35.5. The van der Waals surface area contributed by atoms with Gasteiger partial charge in [-0.15, -0.1) is 0 Å². The topological polar surface area (TPSA) is 96.2 Å². The van der Waals surface area contributed by atoms with Gasteiger partial charge in [-0.25, -0.2) is 0 Å². The molecule has 1 saturated heterocycles. The number of benzene rings is 2. The molecule has 1 aliphatic rings. The molecule has 1 atom stereocenters. The molecule has 3 aromatic rings. The number of carbonyl (C=O) groups is 1. The second-order valence-electron chi connectivity index (χ2n) is 7.09. The minimum Gasteiger partial charge on any atom is -0.495 e. The van der Waals surface area contributed by atoms with Gasteiger partial charge < -0.3 is 28.4 Å². The van der Waals surface area contributed by atoms with Crippen molar-refractivity contribution in [3.05, 3.63) is 41.2 Å². The zero-order chi connectivity index (χ0) is 22.8. The van der Waals surface area contributed by atoms with Crippen molar-refractivity contribution in [2.45, 2.75) is 12.3 Å². The third kappa shape index (κ3) is 3.91. The molecular formula is C22H22ClN3O6. The molecule has 1 aromatic heterocycles. The van der Waals surface area contributed by atoms with Crippen LogP contribution in [-0.4, -0.2) is 51.0 Å². The number of amides is 1. The Bertz CT molecular complexity index is 1120. The summed E-state index contributed by atoms with van der Waals surface area (Å²) in [5.74, 6) is 2.35. The molecule has 32 heavy (non-hydrogen) atoms. The number of rotatable bonds is 7. The van der Waals surface area contributed by atoms with Crippen LogP contribution in [0.1, 0.15) is 18.2 Å². The maximum Gasteiger partial charge on any atom is 0.232 e. The number of anilines is 1. The van der Waals surface area contributed by atoms with Crippen LogP contribution in [0.5, 0.6) is 23.0 Å². The van der Waals surface area contributed by atoms with Crippen molar-refractivity contribution < 1.29 is 28.3 Å². The minimum absolute atomic E-state index is 0.0805. The highest BCUT2D eigenvalue weighted by molar-refractivity contribution is 6.31. The highest BCUT2D eigenvalue weighted by Crippen LogP contribution is 2.41. The van der Waals surface area contributed by atoms with Crippen LogP contribution in [0.4, 0.5) is 5.69 Å². The van der Waals surface area contributed by atoms with Gasteiger partial charge in [-0.3, -0.25) is 4.79 Å². The summed E-state index contributed by atoms with van der Waals surface area (Å²) >= 11 is 6.13. The van der Waals surface area contributed by atoms with Crippen molar-refractivity contribution >= 4 is 23.2 Å². The van der Waals surface area contributed by atoms with E-state index in [2.05, 4.69) is 10.1 Å². The summed E-state index contributed by atoms with van der Waals surface area (Å²) in [5.41, 5.74) is 1.24. The maximum atomic E-state index is 12.7. The minimum atomic E-state index is -0.269. The van der Waals surface area contributed by atoms with Gasteiger partial charge in [0.2, 0.25) is 23.4 Å². The largest absolute Gasteiger partial charge is 0.495 e. The second-order valence-corrected chi connectivity index (χ2v) is 7.53. The van der Waals surface area contributed by atoms with Gasteiger partial charge >= 0.3 is 0 Å². The number of aromatic nitrogens is 2. The molecule has 9 nitrogen and oxygen atoms in total. The Morgan fingerprint density at radius 1 is 1.00 bits per heavy atom. The maximum absolute atomic E-state index is 12.7. The Balaban J connectivity index is 1.62. The molecule has 1 aliphatic heterocycles. The predicted octanol–water partition coefficient (Wildman–Crippen LogP) is 3.94. The number of ether oxygens (including phenoxy) is 4. The standard InChI is InChI=1S/C22H22ClN3O6/c1-28-16-6-5-14(23)10-15(16)26-11-13(9-19(26)27)22-24-21(25-32-22)12-7-17(29-2)20(31-4)18(8-12)30-3/h5-8,10,13H,9,11H2,1-4H3. The Kier molecular flexibility index (Phi) is 6.09. The number of halogens is 1. The summed E-state index contributed by atoms with van der Waals surface area (Å²) in [6.07, 6.45) is 0.229. The zero-order valence-corrected chi connectivity index (χ0v) is 18.8. The van der Waals surface area contributed by atoms with Crippen molar-refractivity contribution in [3.63, 3.8) is 0 Å². The van der Waals surface area contributed by atoms with Crippen molar-refractivity contribution in [1.82, 2.24) is 10.1 Å². The van der Waals surface area contributed by atoms with Crippen LogP contribution >= 0.6 is 11.6 Å². The first kappa shape index (κ1) is 21.8. The predicted molar refractivity (Wildman–Crippen MR) is 117 cm³/mol. The van der Waals surface area contributed by atoms with Gasteiger partial charge in [-0.1, -0.05) is 16.8 Å². The molecule has 1 amide bonds. The zero-order valence-electron chi connectivity index (χ0n) is 18.0. The molecule has 1 unspecified atom stereocenters. The lowest BCUT2D eigenvalue weighted by Crippen LogP contribution is -2.24.